The lowest BCUT2D eigenvalue weighted by molar-refractivity contribution is 0.550. The molecular weight excluding hydrogens is 266 g/mol. The van der Waals surface area contributed by atoms with Crippen LogP contribution in [-0.4, -0.2) is 26.0 Å². The summed E-state index contributed by atoms with van der Waals surface area (Å²) in [4.78, 5) is 0. The Bertz CT molecular complexity index is 491. The predicted molar refractivity (Wildman–Crippen MR) is 77.9 cm³/mol. The largest absolute Gasteiger partial charge is 0.234 e. The van der Waals surface area contributed by atoms with Gasteiger partial charge in [0.2, 0.25) is 10.0 Å². The molecule has 0 aliphatic carbocycles. The summed E-state index contributed by atoms with van der Waals surface area (Å²) in [6, 6.07) is 9.51. The zero-order valence-corrected chi connectivity index (χ0v) is 11.7. The summed E-state index contributed by atoms with van der Waals surface area (Å²) in [7, 11) is -3.32. The second-order valence-electron chi connectivity index (χ2n) is 4.29. The number of hydrogen-bond acceptors (Lipinski definition) is 3. The molecule has 3 nitrogen and oxygen atoms in total. The molecule has 1 heterocycles. The van der Waals surface area contributed by atoms with Crippen molar-refractivity contribution in [2.45, 2.75) is 18.9 Å². The van der Waals surface area contributed by atoms with Crippen LogP contribution in [0.5, 0.6) is 0 Å². The van der Waals surface area contributed by atoms with Crippen LogP contribution in [0.25, 0.3) is 6.08 Å². The predicted octanol–water partition coefficient (Wildman–Crippen LogP) is 2.47. The van der Waals surface area contributed by atoms with Crippen LogP contribution in [0.2, 0.25) is 0 Å². The smallest absolute Gasteiger partial charge is 0.208 e. The van der Waals surface area contributed by atoms with E-state index in [1.807, 2.05) is 42.1 Å². The lowest BCUT2D eigenvalue weighted by Crippen LogP contribution is -2.37. The van der Waals surface area contributed by atoms with E-state index in [2.05, 4.69) is 4.72 Å². The number of nitrogens with one attached hydrogen (secondary N) is 1. The van der Waals surface area contributed by atoms with E-state index in [-0.39, 0.29) is 6.04 Å². The molecule has 2 rings (SSSR count). The number of thioether (sulfide) groups is 1. The van der Waals surface area contributed by atoms with Crippen molar-refractivity contribution in [3.8, 4) is 0 Å². The molecule has 0 aromatic heterocycles. The molecule has 0 radical (unpaired) electrons. The molecule has 1 saturated heterocycles. The van der Waals surface area contributed by atoms with Crippen molar-refractivity contribution >= 4 is 27.9 Å². The lowest BCUT2D eigenvalue weighted by Gasteiger charge is -2.21. The van der Waals surface area contributed by atoms with Crippen LogP contribution in [0.3, 0.4) is 0 Å². The maximum Gasteiger partial charge on any atom is 0.234 e. The molecule has 0 saturated carbocycles. The first-order valence-corrected chi connectivity index (χ1v) is 8.69. The molecule has 18 heavy (non-hydrogen) atoms. The first-order valence-electron chi connectivity index (χ1n) is 5.99. The molecule has 98 valence electrons. The second-order valence-corrected chi connectivity index (χ2v) is 7.04. The second kappa shape index (κ2) is 6.41. The number of benzene rings is 1. The van der Waals surface area contributed by atoms with Crippen molar-refractivity contribution in [2.75, 3.05) is 11.5 Å². The van der Waals surface area contributed by atoms with Crippen molar-refractivity contribution < 1.29 is 8.42 Å². The Morgan fingerprint density at radius 1 is 1.28 bits per heavy atom. The topological polar surface area (TPSA) is 46.2 Å². The molecule has 5 heteroatoms. The molecule has 0 amide bonds. The lowest BCUT2D eigenvalue weighted by atomic mass is 10.2. The zero-order valence-electron chi connectivity index (χ0n) is 10.1. The van der Waals surface area contributed by atoms with Crippen LogP contribution in [0.4, 0.5) is 0 Å². The highest BCUT2D eigenvalue weighted by molar-refractivity contribution is 7.99. The molecule has 1 fully saturated rings. The number of rotatable bonds is 4. The van der Waals surface area contributed by atoms with E-state index in [1.54, 1.807) is 6.08 Å². The molecular formula is C13H17NO2S2. The molecule has 0 spiro atoms. The van der Waals surface area contributed by atoms with Gasteiger partial charge in [-0.15, -0.1) is 0 Å². The monoisotopic (exact) mass is 283 g/mol. The third-order valence-electron chi connectivity index (χ3n) is 2.73. The molecule has 1 aromatic rings. The number of hydrogen-bond donors (Lipinski definition) is 1. The molecule has 1 N–H and O–H groups in total. The van der Waals surface area contributed by atoms with Crippen LogP contribution in [-0.2, 0) is 10.0 Å². The maximum atomic E-state index is 11.9. The summed E-state index contributed by atoms with van der Waals surface area (Å²) < 4.78 is 26.5. The standard InChI is InChI=1S/C13H17NO2S2/c15-18(16,14-13-7-4-9-17-11-13)10-8-12-5-2-1-3-6-12/h1-3,5-6,8,10,13-14H,4,7,9,11H2/b10-8-/t13-/m0/s1. The van der Waals surface area contributed by atoms with E-state index < -0.39 is 10.0 Å². The van der Waals surface area contributed by atoms with E-state index in [1.165, 1.54) is 5.41 Å². The van der Waals surface area contributed by atoms with Crippen molar-refractivity contribution in [1.29, 1.82) is 0 Å². The van der Waals surface area contributed by atoms with Crippen LogP contribution in [0, 0.1) is 0 Å². The van der Waals surface area contributed by atoms with Gasteiger partial charge in [-0.3, -0.25) is 0 Å². The number of sulfonamides is 1. The molecule has 0 unspecified atom stereocenters. The molecule has 1 aromatic carbocycles. The average molecular weight is 283 g/mol. The Morgan fingerprint density at radius 2 is 2.06 bits per heavy atom. The van der Waals surface area contributed by atoms with Gasteiger partial charge in [0, 0.05) is 17.2 Å². The average Bonchev–Trinajstić information content (AvgIpc) is 2.38. The van der Waals surface area contributed by atoms with Gasteiger partial charge in [-0.05, 0) is 30.2 Å². The highest BCUT2D eigenvalue weighted by Gasteiger charge is 2.18. The highest BCUT2D eigenvalue weighted by Crippen LogP contribution is 2.17. The van der Waals surface area contributed by atoms with Gasteiger partial charge >= 0.3 is 0 Å². The molecule has 1 aliphatic rings. The molecule has 0 bridgehead atoms. The van der Waals surface area contributed by atoms with Gasteiger partial charge in [0.05, 0.1) is 0 Å². The Morgan fingerprint density at radius 3 is 2.72 bits per heavy atom. The van der Waals surface area contributed by atoms with E-state index in [4.69, 9.17) is 0 Å². The zero-order chi connectivity index (χ0) is 12.8. The van der Waals surface area contributed by atoms with Crippen molar-refractivity contribution in [1.82, 2.24) is 4.72 Å². The van der Waals surface area contributed by atoms with E-state index in [0.717, 1.165) is 29.9 Å². The minimum atomic E-state index is -3.32. The summed E-state index contributed by atoms with van der Waals surface area (Å²) >= 11 is 1.81. The third kappa shape index (κ3) is 4.48. The fourth-order valence-electron chi connectivity index (χ4n) is 1.84. The Labute approximate surface area is 113 Å². The fraction of sp³-hybridized carbons (Fsp3) is 0.385. The van der Waals surface area contributed by atoms with Gasteiger partial charge < -0.3 is 0 Å². The van der Waals surface area contributed by atoms with Gasteiger partial charge in [0.1, 0.15) is 0 Å². The summed E-state index contributed by atoms with van der Waals surface area (Å²) in [5, 5.41) is 1.25. The SMILES string of the molecule is O=S(=O)(/C=C\c1ccccc1)N[C@H]1CCCSC1. The van der Waals surface area contributed by atoms with Crippen molar-refractivity contribution in [2.24, 2.45) is 0 Å². The first kappa shape index (κ1) is 13.6. The van der Waals surface area contributed by atoms with Crippen molar-refractivity contribution in [3.63, 3.8) is 0 Å². The Hall–Kier alpha value is -0.780. The van der Waals surface area contributed by atoms with Crippen LogP contribution in [0.1, 0.15) is 18.4 Å². The van der Waals surface area contributed by atoms with Crippen LogP contribution >= 0.6 is 11.8 Å². The summed E-state index contributed by atoms with van der Waals surface area (Å²) in [6.07, 6.45) is 3.64. The normalized spacial score (nSPS) is 21.2. The molecule has 1 aliphatic heterocycles. The van der Waals surface area contributed by atoms with Crippen LogP contribution in [0.15, 0.2) is 35.7 Å². The van der Waals surface area contributed by atoms with E-state index in [0.29, 0.717) is 0 Å². The van der Waals surface area contributed by atoms with E-state index in [9.17, 15) is 8.42 Å². The highest BCUT2D eigenvalue weighted by atomic mass is 32.2. The molecule has 1 atom stereocenters. The van der Waals surface area contributed by atoms with Gasteiger partial charge in [-0.1, -0.05) is 30.3 Å². The summed E-state index contributed by atoms with van der Waals surface area (Å²) in [6.45, 7) is 0. The third-order valence-corrected chi connectivity index (χ3v) is 5.10. The van der Waals surface area contributed by atoms with Crippen molar-refractivity contribution in [3.05, 3.63) is 41.3 Å². The Kier molecular flexibility index (Phi) is 4.86. The summed E-state index contributed by atoms with van der Waals surface area (Å²) in [5.74, 6) is 2.01. The van der Waals surface area contributed by atoms with Crippen LogP contribution < -0.4 is 4.72 Å². The van der Waals surface area contributed by atoms with Gasteiger partial charge in [-0.25, -0.2) is 13.1 Å². The van der Waals surface area contributed by atoms with Gasteiger partial charge in [0.25, 0.3) is 0 Å². The Balaban J connectivity index is 1.96. The van der Waals surface area contributed by atoms with Gasteiger partial charge in [0.15, 0.2) is 0 Å². The minimum absolute atomic E-state index is 0.0779. The van der Waals surface area contributed by atoms with Gasteiger partial charge in [-0.2, -0.15) is 11.8 Å². The minimum Gasteiger partial charge on any atom is -0.208 e. The maximum absolute atomic E-state index is 11.9. The summed E-state index contributed by atoms with van der Waals surface area (Å²) in [5.41, 5.74) is 0.890. The fourth-order valence-corrected chi connectivity index (χ4v) is 4.10. The first-order chi connectivity index (χ1) is 8.66. The van der Waals surface area contributed by atoms with E-state index >= 15 is 0 Å². The quantitative estimate of drug-likeness (QED) is 0.923.